The fourth-order valence-corrected chi connectivity index (χ4v) is 7.41. The molecule has 1 aliphatic heterocycles. The minimum absolute atomic E-state index is 0.0563. The topological polar surface area (TPSA) is 111 Å². The summed E-state index contributed by atoms with van der Waals surface area (Å²) in [7, 11) is 1.97. The lowest BCUT2D eigenvalue weighted by atomic mass is 10.1. The van der Waals surface area contributed by atoms with E-state index in [2.05, 4.69) is 60.0 Å². The van der Waals surface area contributed by atoms with Crippen LogP contribution in [0.4, 0.5) is 4.79 Å². The third-order valence-corrected chi connectivity index (χ3v) is 10.3. The maximum atomic E-state index is 12.2. The Balaban J connectivity index is 1.16. The normalized spacial score (nSPS) is 12.7. The SMILES string of the molecule is Cn1n[n+](-c2ccc(-c3nc(CCc4ccc(Oc5ccccc5)cc4)c(-c4ccccc4)s3)c(OCCN3CCNC3=O)c2)cc1CCCCN. The minimum Gasteiger partial charge on any atom is -0.491 e. The number of nitrogens with one attached hydrogen (secondary N) is 1. The van der Waals surface area contributed by atoms with Gasteiger partial charge in [0.15, 0.2) is 17.6 Å². The van der Waals surface area contributed by atoms with E-state index < -0.39 is 0 Å². The molecule has 1 saturated heterocycles. The number of rotatable bonds is 16. The number of nitrogens with two attached hydrogens (primary N) is 1. The van der Waals surface area contributed by atoms with Crippen LogP contribution in [0.1, 0.15) is 29.8 Å². The van der Waals surface area contributed by atoms with E-state index in [1.54, 1.807) is 16.2 Å². The predicted molar refractivity (Wildman–Crippen MR) is 204 cm³/mol. The van der Waals surface area contributed by atoms with Gasteiger partial charge >= 0.3 is 6.03 Å². The molecule has 2 amide bonds. The Hall–Kier alpha value is -5.52. The number of para-hydroxylation sites is 1. The van der Waals surface area contributed by atoms with Gasteiger partial charge in [-0.1, -0.05) is 60.7 Å². The van der Waals surface area contributed by atoms with E-state index in [1.807, 2.05) is 71.0 Å². The molecule has 0 spiro atoms. The Morgan fingerprint density at radius 3 is 2.42 bits per heavy atom. The number of thiazole rings is 1. The summed E-state index contributed by atoms with van der Waals surface area (Å²) in [5.74, 6) is 2.33. The monoisotopic (exact) mass is 714 g/mol. The molecule has 7 rings (SSSR count). The van der Waals surface area contributed by atoms with Crippen molar-refractivity contribution >= 4 is 17.4 Å². The van der Waals surface area contributed by atoms with Crippen molar-refractivity contribution in [3.63, 3.8) is 0 Å². The van der Waals surface area contributed by atoms with Gasteiger partial charge in [0.1, 0.15) is 35.9 Å². The van der Waals surface area contributed by atoms with Crippen molar-refractivity contribution in [1.29, 1.82) is 0 Å². The zero-order valence-electron chi connectivity index (χ0n) is 29.4. The predicted octanol–water partition coefficient (Wildman–Crippen LogP) is 6.75. The molecule has 0 saturated carbocycles. The third kappa shape index (κ3) is 8.50. The first-order chi connectivity index (χ1) is 25.5. The first-order valence-electron chi connectivity index (χ1n) is 17.9. The van der Waals surface area contributed by atoms with Crippen molar-refractivity contribution in [1.82, 2.24) is 25.1 Å². The molecule has 6 aromatic rings. The molecule has 11 heteroatoms. The van der Waals surface area contributed by atoms with Crippen LogP contribution in [0.3, 0.4) is 0 Å². The lowest BCUT2D eigenvalue weighted by Crippen LogP contribution is -2.33. The summed E-state index contributed by atoms with van der Waals surface area (Å²) in [5.41, 5.74) is 12.1. The largest absolute Gasteiger partial charge is 0.491 e. The Morgan fingerprint density at radius 1 is 0.904 bits per heavy atom. The second-order valence-electron chi connectivity index (χ2n) is 12.8. The third-order valence-electron chi connectivity index (χ3n) is 9.11. The lowest BCUT2D eigenvalue weighted by molar-refractivity contribution is -0.661. The van der Waals surface area contributed by atoms with E-state index in [9.17, 15) is 4.79 Å². The maximum Gasteiger partial charge on any atom is 0.317 e. The summed E-state index contributed by atoms with van der Waals surface area (Å²) in [6.07, 6.45) is 6.57. The molecule has 0 radical (unpaired) electrons. The molecule has 2 aromatic heterocycles. The second-order valence-corrected chi connectivity index (χ2v) is 13.8. The second kappa shape index (κ2) is 16.7. The number of urea groups is 1. The zero-order chi connectivity index (χ0) is 35.7. The summed E-state index contributed by atoms with van der Waals surface area (Å²) in [6, 6.07) is 34.7. The highest BCUT2D eigenvalue weighted by Crippen LogP contribution is 2.40. The number of aryl methyl sites for hydroxylation is 4. The fraction of sp³-hybridized carbons (Fsp3) is 0.268. The van der Waals surface area contributed by atoms with Crippen LogP contribution in [-0.4, -0.2) is 58.6 Å². The van der Waals surface area contributed by atoms with Crippen LogP contribution < -0.4 is 25.2 Å². The molecule has 52 heavy (non-hydrogen) atoms. The highest BCUT2D eigenvalue weighted by molar-refractivity contribution is 7.18. The Bertz CT molecular complexity index is 2080. The maximum absolute atomic E-state index is 12.2. The molecule has 4 aromatic carbocycles. The van der Waals surface area contributed by atoms with Gasteiger partial charge in [-0.15, -0.1) is 20.7 Å². The Kier molecular flexibility index (Phi) is 11.2. The van der Waals surface area contributed by atoms with Gasteiger partial charge in [0, 0.05) is 25.6 Å². The summed E-state index contributed by atoms with van der Waals surface area (Å²) in [5, 5.41) is 8.51. The number of ether oxygens (including phenoxy) is 2. The molecule has 0 atom stereocenters. The number of hydrogen-bond donors (Lipinski definition) is 2. The number of carbonyl (C=O) groups is 1. The van der Waals surface area contributed by atoms with Crippen LogP contribution in [-0.2, 0) is 26.3 Å². The number of hydrogen-bond acceptors (Lipinski definition) is 7. The Labute approximate surface area is 308 Å². The van der Waals surface area contributed by atoms with Crippen LogP contribution in [0.5, 0.6) is 17.2 Å². The van der Waals surface area contributed by atoms with Gasteiger partial charge in [-0.3, -0.25) is 0 Å². The van der Waals surface area contributed by atoms with E-state index in [-0.39, 0.29) is 6.03 Å². The van der Waals surface area contributed by atoms with E-state index in [4.69, 9.17) is 25.4 Å². The fourth-order valence-electron chi connectivity index (χ4n) is 6.26. The highest BCUT2D eigenvalue weighted by atomic mass is 32.1. The summed E-state index contributed by atoms with van der Waals surface area (Å²) >= 11 is 1.67. The van der Waals surface area contributed by atoms with E-state index in [1.165, 1.54) is 5.56 Å². The van der Waals surface area contributed by atoms with Crippen molar-refractivity contribution < 1.29 is 19.0 Å². The van der Waals surface area contributed by atoms with Gasteiger partial charge in [-0.25, -0.2) is 9.78 Å². The lowest BCUT2D eigenvalue weighted by Gasteiger charge is -2.16. The molecule has 0 bridgehead atoms. The average molecular weight is 715 g/mol. The van der Waals surface area contributed by atoms with Gasteiger partial charge < -0.3 is 25.4 Å². The molecule has 0 unspecified atom stereocenters. The molecule has 0 aliphatic carbocycles. The molecule has 1 fully saturated rings. The van der Waals surface area contributed by atoms with E-state index >= 15 is 0 Å². The van der Waals surface area contributed by atoms with Crippen LogP contribution in [0, 0.1) is 0 Å². The number of unbranched alkanes of at least 4 members (excludes halogenated alkanes) is 1. The van der Waals surface area contributed by atoms with Crippen molar-refractivity contribution in [2.75, 3.05) is 32.8 Å². The van der Waals surface area contributed by atoms with Gasteiger partial charge in [0.2, 0.25) is 0 Å². The van der Waals surface area contributed by atoms with Gasteiger partial charge in [0.25, 0.3) is 0 Å². The molecule has 1 aliphatic rings. The van der Waals surface area contributed by atoms with Crippen LogP contribution in [0.2, 0.25) is 0 Å². The molecule has 10 nitrogen and oxygen atoms in total. The van der Waals surface area contributed by atoms with E-state index in [0.717, 1.165) is 81.7 Å². The molecular weight excluding hydrogens is 671 g/mol. The summed E-state index contributed by atoms with van der Waals surface area (Å²) in [4.78, 5) is 20.4. The van der Waals surface area contributed by atoms with Gasteiger partial charge in [-0.2, -0.15) is 0 Å². The van der Waals surface area contributed by atoms with Crippen LogP contribution in [0.25, 0.3) is 26.7 Å². The molecular formula is C41H44N7O3S+. The standard InChI is InChI=1S/C41H43N7O3S/c1-46-33(12-8-9-23-42)29-48(45-46)32-18-21-36(38(28-32)50-27-26-47-25-24-43-41(47)49)40-44-37(39(52-40)31-10-4-2-5-11-31)22-17-30-15-19-35(20-16-30)51-34-13-6-3-7-14-34/h2-7,10-11,13-16,18-21,28-29H,8-9,12,17,22-27,42H2,1H3/p+1. The average Bonchev–Trinajstić information content (AvgIpc) is 3.90. The van der Waals surface area contributed by atoms with Crippen LogP contribution >= 0.6 is 11.3 Å². The molecule has 3 heterocycles. The van der Waals surface area contributed by atoms with Crippen molar-refractivity contribution in [2.24, 2.45) is 12.8 Å². The first kappa shape index (κ1) is 34.9. The highest BCUT2D eigenvalue weighted by Gasteiger charge is 2.23. The van der Waals surface area contributed by atoms with Crippen molar-refractivity contribution in [3.8, 4) is 43.9 Å². The zero-order valence-corrected chi connectivity index (χ0v) is 30.2. The molecule has 266 valence electrons. The first-order valence-corrected chi connectivity index (χ1v) is 18.7. The Morgan fingerprint density at radius 2 is 1.67 bits per heavy atom. The van der Waals surface area contributed by atoms with Crippen molar-refractivity contribution in [3.05, 3.63) is 126 Å². The van der Waals surface area contributed by atoms with Crippen LogP contribution in [0.15, 0.2) is 109 Å². The van der Waals surface area contributed by atoms with Gasteiger partial charge in [-0.05, 0) is 79.8 Å². The van der Waals surface area contributed by atoms with Crippen molar-refractivity contribution in [2.45, 2.75) is 32.1 Å². The molecule has 3 N–H and O–H groups in total. The summed E-state index contributed by atoms with van der Waals surface area (Å²) in [6.45, 7) is 2.85. The quantitative estimate of drug-likeness (QED) is 0.0848. The number of benzene rings is 4. The smallest absolute Gasteiger partial charge is 0.317 e. The summed E-state index contributed by atoms with van der Waals surface area (Å²) < 4.78 is 16.3. The number of nitrogens with zero attached hydrogens (tertiary/aromatic N) is 5. The van der Waals surface area contributed by atoms with E-state index in [0.29, 0.717) is 38.5 Å². The van der Waals surface area contributed by atoms with Gasteiger partial charge in [0.05, 0.1) is 27.9 Å². The number of aromatic nitrogens is 4. The minimum atomic E-state index is -0.0563. The number of carbonyl (C=O) groups excluding carboxylic acids is 1. The number of amides is 2.